The van der Waals surface area contributed by atoms with Crippen LogP contribution in [0.2, 0.25) is 0 Å². The largest absolute Gasteiger partial charge is 0.492 e. The van der Waals surface area contributed by atoms with Crippen LogP contribution in [0.15, 0.2) is 48.9 Å². The van der Waals surface area contributed by atoms with Gasteiger partial charge in [0.25, 0.3) is 5.91 Å². The zero-order valence-electron chi connectivity index (χ0n) is 15.5. The van der Waals surface area contributed by atoms with E-state index in [4.69, 9.17) is 9.47 Å². The van der Waals surface area contributed by atoms with Crippen molar-refractivity contribution in [2.75, 3.05) is 26.3 Å². The lowest BCUT2D eigenvalue weighted by atomic mass is 10.2. The molecule has 0 aliphatic carbocycles. The third-order valence-corrected chi connectivity index (χ3v) is 4.87. The minimum atomic E-state index is -0.0426. The molecule has 0 N–H and O–H groups in total. The number of imidazole rings is 1. The molecule has 27 heavy (non-hydrogen) atoms. The maximum Gasteiger partial charge on any atom is 0.259 e. The molecular formula is C20H24N4O3. The number of aromatic nitrogens is 3. The highest BCUT2D eigenvalue weighted by Gasteiger charge is 2.26. The van der Waals surface area contributed by atoms with Crippen LogP contribution in [0.5, 0.6) is 5.75 Å². The molecule has 1 amide bonds. The Morgan fingerprint density at radius 3 is 2.96 bits per heavy atom. The van der Waals surface area contributed by atoms with E-state index >= 15 is 0 Å². The van der Waals surface area contributed by atoms with Gasteiger partial charge in [0.05, 0.1) is 18.8 Å². The topological polar surface area (TPSA) is 61.0 Å². The summed E-state index contributed by atoms with van der Waals surface area (Å²) in [6.45, 7) is 2.26. The first-order valence-corrected chi connectivity index (χ1v) is 9.30. The Morgan fingerprint density at radius 1 is 1.33 bits per heavy atom. The quantitative estimate of drug-likeness (QED) is 0.642. The van der Waals surface area contributed by atoms with Crippen molar-refractivity contribution in [1.29, 1.82) is 0 Å². The van der Waals surface area contributed by atoms with Crippen molar-refractivity contribution in [3.05, 3.63) is 54.5 Å². The zero-order valence-corrected chi connectivity index (χ0v) is 15.5. The van der Waals surface area contributed by atoms with E-state index in [0.29, 0.717) is 25.3 Å². The lowest BCUT2D eigenvalue weighted by Crippen LogP contribution is -2.40. The summed E-state index contributed by atoms with van der Waals surface area (Å²) in [6.07, 6.45) is 7.49. The first-order chi connectivity index (χ1) is 13.2. The van der Waals surface area contributed by atoms with Gasteiger partial charge in [-0.1, -0.05) is 18.2 Å². The standard InChI is InChI=1S/C20H24N4O3/c1-22-9-10-24-19(22)18(14-21-24)20(25)23(15-17-8-5-12-26-17)11-13-27-16-6-3-2-4-7-16/h2-4,6-7,9-10,14,17H,5,8,11-13,15H2,1H3/t17-/m0/s1. The highest BCUT2D eigenvalue weighted by molar-refractivity contribution is 5.99. The van der Waals surface area contributed by atoms with Crippen LogP contribution in [0.4, 0.5) is 0 Å². The van der Waals surface area contributed by atoms with Gasteiger partial charge in [-0.2, -0.15) is 5.10 Å². The van der Waals surface area contributed by atoms with Crippen LogP contribution in [0.25, 0.3) is 5.65 Å². The number of benzene rings is 1. The fraction of sp³-hybridized carbons (Fsp3) is 0.400. The summed E-state index contributed by atoms with van der Waals surface area (Å²) in [5.41, 5.74) is 1.39. The van der Waals surface area contributed by atoms with Gasteiger partial charge >= 0.3 is 0 Å². The molecule has 1 saturated heterocycles. The third kappa shape index (κ3) is 3.83. The molecule has 3 aromatic rings. The average Bonchev–Trinajstić information content (AvgIpc) is 3.41. The molecule has 4 rings (SSSR count). The first-order valence-electron chi connectivity index (χ1n) is 9.30. The molecule has 7 nitrogen and oxygen atoms in total. The van der Waals surface area contributed by atoms with Crippen LogP contribution in [-0.2, 0) is 11.8 Å². The molecule has 1 fully saturated rings. The molecule has 0 bridgehead atoms. The molecule has 3 heterocycles. The maximum absolute atomic E-state index is 13.2. The molecule has 0 unspecified atom stereocenters. The highest BCUT2D eigenvalue weighted by Crippen LogP contribution is 2.18. The minimum absolute atomic E-state index is 0.0426. The Bertz CT molecular complexity index is 896. The maximum atomic E-state index is 13.2. The zero-order chi connectivity index (χ0) is 18.6. The normalized spacial score (nSPS) is 16.7. The molecule has 1 aromatic carbocycles. The van der Waals surface area contributed by atoms with Crippen LogP contribution in [0.3, 0.4) is 0 Å². The molecule has 1 aliphatic heterocycles. The average molecular weight is 368 g/mol. The number of hydrogen-bond donors (Lipinski definition) is 0. The van der Waals surface area contributed by atoms with E-state index in [1.54, 1.807) is 10.7 Å². The van der Waals surface area contributed by atoms with Gasteiger partial charge in [0.1, 0.15) is 23.6 Å². The molecule has 2 aromatic heterocycles. The van der Waals surface area contributed by atoms with Gasteiger partial charge in [-0.25, -0.2) is 4.52 Å². The number of para-hydroxylation sites is 1. The van der Waals surface area contributed by atoms with E-state index in [1.807, 2.05) is 59.2 Å². The number of aryl methyl sites for hydroxylation is 1. The fourth-order valence-electron chi connectivity index (χ4n) is 3.47. The second-order valence-corrected chi connectivity index (χ2v) is 6.78. The number of amides is 1. The highest BCUT2D eigenvalue weighted by atomic mass is 16.5. The number of hydrogen-bond acceptors (Lipinski definition) is 4. The van der Waals surface area contributed by atoms with E-state index in [9.17, 15) is 4.79 Å². The molecule has 7 heteroatoms. The molecule has 0 saturated carbocycles. The van der Waals surface area contributed by atoms with Crippen LogP contribution in [0.1, 0.15) is 23.2 Å². The van der Waals surface area contributed by atoms with Gasteiger partial charge in [-0.15, -0.1) is 0 Å². The van der Waals surface area contributed by atoms with E-state index in [-0.39, 0.29) is 12.0 Å². The fourth-order valence-corrected chi connectivity index (χ4v) is 3.47. The van der Waals surface area contributed by atoms with Crippen LogP contribution in [-0.4, -0.2) is 57.4 Å². The van der Waals surface area contributed by atoms with E-state index in [2.05, 4.69) is 5.10 Å². The van der Waals surface area contributed by atoms with Gasteiger partial charge in [0.15, 0.2) is 0 Å². The van der Waals surface area contributed by atoms with Crippen molar-refractivity contribution in [2.24, 2.45) is 7.05 Å². The van der Waals surface area contributed by atoms with Gasteiger partial charge < -0.3 is 18.9 Å². The predicted molar refractivity (Wildman–Crippen MR) is 101 cm³/mol. The van der Waals surface area contributed by atoms with Crippen molar-refractivity contribution in [1.82, 2.24) is 19.1 Å². The molecule has 0 radical (unpaired) electrons. The number of carbonyl (C=O) groups is 1. The number of nitrogens with zero attached hydrogens (tertiary/aromatic N) is 4. The molecule has 1 aliphatic rings. The Balaban J connectivity index is 1.49. The van der Waals surface area contributed by atoms with Gasteiger partial charge in [0.2, 0.25) is 0 Å². The van der Waals surface area contributed by atoms with E-state index in [0.717, 1.165) is 30.8 Å². The molecule has 0 spiro atoms. The summed E-state index contributed by atoms with van der Waals surface area (Å²) in [5, 5.41) is 4.29. The number of carbonyl (C=O) groups excluding carboxylic acids is 1. The SMILES string of the molecule is Cn1ccn2ncc(C(=O)N(CCOc3ccccc3)C[C@@H]3CCCO3)c12. The Labute approximate surface area is 158 Å². The summed E-state index contributed by atoms with van der Waals surface area (Å²) in [4.78, 5) is 15.1. The Kier molecular flexibility index (Phi) is 5.11. The smallest absolute Gasteiger partial charge is 0.259 e. The Hall–Kier alpha value is -2.80. The van der Waals surface area contributed by atoms with Gasteiger partial charge in [0, 0.05) is 32.6 Å². The number of rotatable bonds is 7. The lowest BCUT2D eigenvalue weighted by Gasteiger charge is -2.25. The van der Waals surface area contributed by atoms with Crippen molar-refractivity contribution in [3.8, 4) is 5.75 Å². The minimum Gasteiger partial charge on any atom is -0.492 e. The van der Waals surface area contributed by atoms with Crippen molar-refractivity contribution in [2.45, 2.75) is 18.9 Å². The summed E-state index contributed by atoms with van der Waals surface area (Å²) in [5.74, 6) is 0.760. The van der Waals surface area contributed by atoms with Gasteiger partial charge in [-0.05, 0) is 25.0 Å². The molecule has 1 atom stereocenters. The van der Waals surface area contributed by atoms with E-state index in [1.165, 1.54) is 0 Å². The van der Waals surface area contributed by atoms with Crippen molar-refractivity contribution >= 4 is 11.6 Å². The van der Waals surface area contributed by atoms with Crippen LogP contribution < -0.4 is 4.74 Å². The monoisotopic (exact) mass is 368 g/mol. The second kappa shape index (κ2) is 7.84. The third-order valence-electron chi connectivity index (χ3n) is 4.87. The van der Waals surface area contributed by atoms with E-state index < -0.39 is 0 Å². The predicted octanol–water partition coefficient (Wildman–Crippen LogP) is 2.37. The Morgan fingerprint density at radius 2 is 2.19 bits per heavy atom. The van der Waals surface area contributed by atoms with Gasteiger partial charge in [-0.3, -0.25) is 4.79 Å². The molecule has 142 valence electrons. The van der Waals surface area contributed by atoms with Crippen LogP contribution in [0, 0.1) is 0 Å². The lowest BCUT2D eigenvalue weighted by molar-refractivity contribution is 0.0495. The summed E-state index contributed by atoms with van der Waals surface area (Å²) >= 11 is 0. The summed E-state index contributed by atoms with van der Waals surface area (Å²) in [6, 6.07) is 9.65. The number of ether oxygens (including phenoxy) is 2. The second-order valence-electron chi connectivity index (χ2n) is 6.78. The molecular weight excluding hydrogens is 344 g/mol. The van der Waals surface area contributed by atoms with Crippen molar-refractivity contribution in [3.63, 3.8) is 0 Å². The van der Waals surface area contributed by atoms with Crippen molar-refractivity contribution < 1.29 is 14.3 Å². The first kappa shape index (κ1) is 17.6. The summed E-state index contributed by atoms with van der Waals surface area (Å²) in [7, 11) is 1.91. The van der Waals surface area contributed by atoms with Crippen LogP contribution >= 0.6 is 0 Å². The summed E-state index contributed by atoms with van der Waals surface area (Å²) < 4.78 is 15.2. The number of fused-ring (bicyclic) bond motifs is 1.